The second-order valence-electron chi connectivity index (χ2n) is 6.22. The minimum absolute atomic E-state index is 0.250. The molecule has 2 fully saturated rings. The van der Waals surface area contributed by atoms with Crippen LogP contribution in [0.15, 0.2) is 25.3 Å². The fourth-order valence-electron chi connectivity index (χ4n) is 3.32. The van der Waals surface area contributed by atoms with Crippen LogP contribution < -0.4 is 0 Å². The van der Waals surface area contributed by atoms with Crippen LogP contribution in [0.3, 0.4) is 0 Å². The van der Waals surface area contributed by atoms with Crippen molar-refractivity contribution in [2.45, 2.75) is 77.0 Å². The molecule has 0 aliphatic heterocycles. The molecule has 0 aromatic heterocycles. The highest BCUT2D eigenvalue weighted by atomic mass is 16.2. The topological polar surface area (TPSA) is 68.3 Å². The van der Waals surface area contributed by atoms with E-state index in [4.69, 9.17) is 19.2 Å². The summed E-state index contributed by atoms with van der Waals surface area (Å²) in [5.41, 5.74) is 0. The standard InChI is InChI=1S/2C9H16.2CO2/c2*1-2-6-9-7-4-3-5-8-9;2*2-1-3/h2*2,9H,1,3-8H2;;. The van der Waals surface area contributed by atoms with E-state index in [1.165, 1.54) is 77.0 Å². The van der Waals surface area contributed by atoms with Gasteiger partial charge in [0.2, 0.25) is 0 Å². The summed E-state index contributed by atoms with van der Waals surface area (Å²) in [4.78, 5) is 32.5. The van der Waals surface area contributed by atoms with E-state index in [0.717, 1.165) is 11.8 Å². The van der Waals surface area contributed by atoms with Gasteiger partial charge in [-0.05, 0) is 24.7 Å². The largest absolute Gasteiger partial charge is 0.373 e. The predicted molar refractivity (Wildman–Crippen MR) is 92.8 cm³/mol. The van der Waals surface area contributed by atoms with Gasteiger partial charge in [0.25, 0.3) is 0 Å². The lowest BCUT2D eigenvalue weighted by molar-refractivity contribution is -0.193. The van der Waals surface area contributed by atoms with Gasteiger partial charge in [0.05, 0.1) is 0 Å². The highest BCUT2D eigenvalue weighted by molar-refractivity contribution is 5.20. The van der Waals surface area contributed by atoms with Crippen molar-refractivity contribution < 1.29 is 19.2 Å². The molecule has 0 aromatic carbocycles. The molecule has 2 aliphatic carbocycles. The van der Waals surface area contributed by atoms with Crippen molar-refractivity contribution in [1.82, 2.24) is 0 Å². The smallest absolute Gasteiger partial charge is 0.186 e. The molecule has 2 rings (SSSR count). The Hall–Kier alpha value is -1.76. The number of carbonyl (C=O) groups excluding carboxylic acids is 4. The van der Waals surface area contributed by atoms with Gasteiger partial charge < -0.3 is 0 Å². The van der Waals surface area contributed by atoms with Crippen molar-refractivity contribution in [3.8, 4) is 0 Å². The van der Waals surface area contributed by atoms with Crippen LogP contribution >= 0.6 is 0 Å². The molecule has 0 atom stereocenters. The molecule has 4 heteroatoms. The quantitative estimate of drug-likeness (QED) is 0.668. The van der Waals surface area contributed by atoms with Gasteiger partial charge in [-0.1, -0.05) is 76.4 Å². The lowest BCUT2D eigenvalue weighted by atomic mass is 9.87. The van der Waals surface area contributed by atoms with Crippen LogP contribution in [0.4, 0.5) is 0 Å². The molecule has 0 spiro atoms. The summed E-state index contributed by atoms with van der Waals surface area (Å²) >= 11 is 0. The zero-order valence-corrected chi connectivity index (χ0v) is 14.8. The molecule has 0 radical (unpaired) electrons. The Morgan fingerprint density at radius 2 is 0.875 bits per heavy atom. The fraction of sp³-hybridized carbons (Fsp3) is 0.700. The Labute approximate surface area is 146 Å². The Kier molecular flexibility index (Phi) is 21.7. The van der Waals surface area contributed by atoms with Gasteiger partial charge in [-0.2, -0.15) is 19.2 Å². The van der Waals surface area contributed by atoms with Crippen LogP contribution in [-0.4, -0.2) is 12.3 Å². The van der Waals surface area contributed by atoms with E-state index in [1.807, 2.05) is 0 Å². The molecule has 2 aliphatic rings. The van der Waals surface area contributed by atoms with E-state index in [9.17, 15) is 0 Å². The molecule has 0 amide bonds. The van der Waals surface area contributed by atoms with E-state index >= 15 is 0 Å². The van der Waals surface area contributed by atoms with Crippen LogP contribution in [0.5, 0.6) is 0 Å². The first-order valence-electron chi connectivity index (χ1n) is 8.90. The Bertz CT molecular complexity index is 316. The average Bonchev–Trinajstić information content (AvgIpc) is 2.59. The number of hydrogen-bond acceptors (Lipinski definition) is 4. The van der Waals surface area contributed by atoms with E-state index in [1.54, 1.807) is 0 Å². The van der Waals surface area contributed by atoms with E-state index in [2.05, 4.69) is 25.3 Å². The van der Waals surface area contributed by atoms with Crippen molar-refractivity contribution in [2.24, 2.45) is 11.8 Å². The maximum atomic E-state index is 8.12. The molecule has 0 bridgehead atoms. The van der Waals surface area contributed by atoms with E-state index < -0.39 is 0 Å². The lowest BCUT2D eigenvalue weighted by Crippen LogP contribution is -2.04. The normalized spacial score (nSPS) is 17.0. The van der Waals surface area contributed by atoms with Crippen molar-refractivity contribution in [1.29, 1.82) is 0 Å². The molecule has 24 heavy (non-hydrogen) atoms. The number of allylic oxidation sites excluding steroid dienone is 2. The molecule has 0 unspecified atom stereocenters. The lowest BCUT2D eigenvalue weighted by Gasteiger charge is -2.19. The Balaban J connectivity index is 0. The summed E-state index contributed by atoms with van der Waals surface area (Å²) in [6, 6.07) is 0. The summed E-state index contributed by atoms with van der Waals surface area (Å²) in [6.45, 7) is 7.51. The van der Waals surface area contributed by atoms with Crippen molar-refractivity contribution in [2.75, 3.05) is 0 Å². The summed E-state index contributed by atoms with van der Waals surface area (Å²) in [5.74, 6) is 1.97. The molecule has 2 saturated carbocycles. The van der Waals surface area contributed by atoms with Gasteiger partial charge in [-0.3, -0.25) is 0 Å². The first-order valence-corrected chi connectivity index (χ1v) is 8.90. The first-order chi connectivity index (χ1) is 11.7. The summed E-state index contributed by atoms with van der Waals surface area (Å²) < 4.78 is 0. The molecular weight excluding hydrogens is 304 g/mol. The van der Waals surface area contributed by atoms with E-state index in [-0.39, 0.29) is 12.3 Å². The molecule has 4 nitrogen and oxygen atoms in total. The zero-order chi connectivity index (χ0) is 18.5. The Morgan fingerprint density at radius 3 is 1.08 bits per heavy atom. The highest BCUT2D eigenvalue weighted by Crippen LogP contribution is 2.26. The third kappa shape index (κ3) is 18.3. The third-order valence-electron chi connectivity index (χ3n) is 4.45. The maximum absolute atomic E-state index is 8.12. The van der Waals surface area contributed by atoms with Gasteiger partial charge in [0.15, 0.2) is 0 Å². The molecular formula is C20H32O4. The van der Waals surface area contributed by atoms with Gasteiger partial charge in [-0.25, -0.2) is 0 Å². The zero-order valence-electron chi connectivity index (χ0n) is 14.8. The summed E-state index contributed by atoms with van der Waals surface area (Å²) in [6.07, 6.45) is 21.7. The van der Waals surface area contributed by atoms with Gasteiger partial charge in [0, 0.05) is 0 Å². The second kappa shape index (κ2) is 21.2. The molecule has 0 saturated heterocycles. The molecule has 0 heterocycles. The van der Waals surface area contributed by atoms with E-state index in [0.29, 0.717) is 0 Å². The minimum Gasteiger partial charge on any atom is -0.186 e. The van der Waals surface area contributed by atoms with Gasteiger partial charge >= 0.3 is 12.3 Å². The monoisotopic (exact) mass is 336 g/mol. The minimum atomic E-state index is 0.250. The SMILES string of the molecule is C=CCC1CCCCC1.C=CCC1CCCCC1.O=C=O.O=C=O. The highest BCUT2D eigenvalue weighted by Gasteiger charge is 2.11. The number of hydrogen-bond donors (Lipinski definition) is 0. The second-order valence-corrected chi connectivity index (χ2v) is 6.22. The average molecular weight is 336 g/mol. The van der Waals surface area contributed by atoms with Crippen molar-refractivity contribution in [3.05, 3.63) is 25.3 Å². The van der Waals surface area contributed by atoms with Crippen LogP contribution in [0.2, 0.25) is 0 Å². The van der Waals surface area contributed by atoms with Gasteiger partial charge in [-0.15, -0.1) is 13.2 Å². The molecule has 136 valence electrons. The molecule has 0 N–H and O–H groups in total. The van der Waals surface area contributed by atoms with Crippen molar-refractivity contribution in [3.63, 3.8) is 0 Å². The van der Waals surface area contributed by atoms with Gasteiger partial charge in [0.1, 0.15) is 0 Å². The number of rotatable bonds is 4. The summed E-state index contributed by atoms with van der Waals surface area (Å²) in [5, 5.41) is 0. The fourth-order valence-corrected chi connectivity index (χ4v) is 3.32. The van der Waals surface area contributed by atoms with Crippen LogP contribution in [0.1, 0.15) is 77.0 Å². The van der Waals surface area contributed by atoms with Crippen molar-refractivity contribution >= 4 is 12.3 Å². The molecule has 0 aromatic rings. The summed E-state index contributed by atoms with van der Waals surface area (Å²) in [7, 11) is 0. The Morgan fingerprint density at radius 1 is 0.625 bits per heavy atom. The predicted octanol–water partition coefficient (Wildman–Crippen LogP) is 5.12. The third-order valence-corrected chi connectivity index (χ3v) is 4.45. The van der Waals surface area contributed by atoms with Crippen LogP contribution in [0, 0.1) is 11.8 Å². The van der Waals surface area contributed by atoms with Crippen LogP contribution in [0.25, 0.3) is 0 Å². The maximum Gasteiger partial charge on any atom is 0.373 e. The first kappa shape index (κ1) is 24.5. The van der Waals surface area contributed by atoms with Crippen LogP contribution in [-0.2, 0) is 19.2 Å².